The average Bonchev–Trinajstić information content (AvgIpc) is 3.13. The number of ether oxygens (including phenoxy) is 1. The second kappa shape index (κ2) is 9.62. The molecule has 6 nitrogen and oxygen atoms in total. The molecule has 1 aliphatic heterocycles. The summed E-state index contributed by atoms with van der Waals surface area (Å²) in [5.41, 5.74) is 2.42. The summed E-state index contributed by atoms with van der Waals surface area (Å²) in [6.07, 6.45) is 4.96. The molecule has 0 saturated carbocycles. The Morgan fingerprint density at radius 2 is 1.97 bits per heavy atom. The summed E-state index contributed by atoms with van der Waals surface area (Å²) in [6.45, 7) is 3.98. The van der Waals surface area contributed by atoms with Gasteiger partial charge < -0.3 is 19.1 Å². The largest absolute Gasteiger partial charge is 0.497 e. The summed E-state index contributed by atoms with van der Waals surface area (Å²) >= 11 is 0. The van der Waals surface area contributed by atoms with E-state index < -0.39 is 0 Å². The van der Waals surface area contributed by atoms with Crippen LogP contribution in [0.15, 0.2) is 36.5 Å². The maximum absolute atomic E-state index is 12.7. The van der Waals surface area contributed by atoms with Gasteiger partial charge >= 0.3 is 0 Å². The lowest BCUT2D eigenvalue weighted by atomic mass is 9.96. The van der Waals surface area contributed by atoms with Crippen molar-refractivity contribution < 1.29 is 9.53 Å². The van der Waals surface area contributed by atoms with Crippen LogP contribution < -0.4 is 4.74 Å². The number of amides is 1. The van der Waals surface area contributed by atoms with E-state index >= 15 is 0 Å². The zero-order valence-corrected chi connectivity index (χ0v) is 17.6. The Balaban J connectivity index is 1.43. The van der Waals surface area contributed by atoms with Crippen molar-refractivity contribution in [1.29, 1.82) is 5.26 Å². The van der Waals surface area contributed by atoms with Crippen molar-refractivity contribution in [3.63, 3.8) is 0 Å². The quantitative estimate of drug-likeness (QED) is 0.724. The summed E-state index contributed by atoms with van der Waals surface area (Å²) in [5.74, 6) is 1.40. The maximum Gasteiger partial charge on any atom is 0.270 e. The molecule has 0 spiro atoms. The lowest BCUT2D eigenvalue weighted by Gasteiger charge is -2.34. The van der Waals surface area contributed by atoms with Gasteiger partial charge in [-0.05, 0) is 62.0 Å². The minimum Gasteiger partial charge on any atom is -0.497 e. The van der Waals surface area contributed by atoms with E-state index in [0.29, 0.717) is 17.2 Å². The van der Waals surface area contributed by atoms with E-state index in [1.54, 1.807) is 28.8 Å². The number of carbonyl (C=O) groups is 1. The number of nitriles is 1. The van der Waals surface area contributed by atoms with Crippen LogP contribution in [0.1, 0.15) is 34.5 Å². The van der Waals surface area contributed by atoms with E-state index in [2.05, 4.69) is 23.1 Å². The van der Waals surface area contributed by atoms with Gasteiger partial charge in [-0.1, -0.05) is 12.1 Å². The number of likely N-dealkylation sites (tertiary alicyclic amines) is 1. The van der Waals surface area contributed by atoms with Crippen LogP contribution >= 0.6 is 0 Å². The van der Waals surface area contributed by atoms with Crippen LogP contribution in [-0.4, -0.2) is 60.6 Å². The van der Waals surface area contributed by atoms with Gasteiger partial charge in [0.25, 0.3) is 5.91 Å². The first-order valence-corrected chi connectivity index (χ1v) is 10.2. The van der Waals surface area contributed by atoms with Crippen LogP contribution in [0.3, 0.4) is 0 Å². The Morgan fingerprint density at radius 1 is 1.28 bits per heavy atom. The summed E-state index contributed by atoms with van der Waals surface area (Å²) in [5, 5.41) is 9.02. The highest BCUT2D eigenvalue weighted by Gasteiger charge is 2.23. The molecule has 29 heavy (non-hydrogen) atoms. The molecule has 0 atom stereocenters. The SMILES string of the molecule is COc1ccc(CCN2CCC(CN(C)C(=O)c3cc(C#N)cn3C)CC2)cc1. The molecule has 1 aromatic carbocycles. The van der Waals surface area contributed by atoms with E-state index in [9.17, 15) is 4.79 Å². The van der Waals surface area contributed by atoms with Crippen LogP contribution in [0.2, 0.25) is 0 Å². The molecule has 2 heterocycles. The zero-order valence-electron chi connectivity index (χ0n) is 17.6. The number of carbonyl (C=O) groups excluding carboxylic acids is 1. The number of nitrogens with zero attached hydrogens (tertiary/aromatic N) is 4. The van der Waals surface area contributed by atoms with E-state index in [0.717, 1.165) is 51.2 Å². The standard InChI is InChI=1S/C23H30N4O2/c1-25-17-20(15-24)14-22(25)23(28)26(2)16-19-9-12-27(13-10-19)11-8-18-4-6-21(29-3)7-5-18/h4-7,14,17,19H,8-13,16H2,1-3H3. The third-order valence-electron chi connectivity index (χ3n) is 5.81. The van der Waals surface area contributed by atoms with Crippen molar-refractivity contribution in [1.82, 2.24) is 14.4 Å². The van der Waals surface area contributed by atoms with Crippen LogP contribution in [-0.2, 0) is 13.5 Å². The van der Waals surface area contributed by atoms with Gasteiger partial charge in [0.15, 0.2) is 0 Å². The Hall–Kier alpha value is -2.78. The normalized spacial score (nSPS) is 15.1. The Bertz CT molecular complexity index is 858. The topological polar surface area (TPSA) is 61.5 Å². The number of benzene rings is 1. The van der Waals surface area contributed by atoms with E-state index in [4.69, 9.17) is 10.00 Å². The molecule has 0 radical (unpaired) electrons. The number of rotatable bonds is 7. The van der Waals surface area contributed by atoms with Gasteiger partial charge in [-0.25, -0.2) is 0 Å². The van der Waals surface area contributed by atoms with Crippen molar-refractivity contribution in [2.45, 2.75) is 19.3 Å². The van der Waals surface area contributed by atoms with Crippen LogP contribution in [0, 0.1) is 17.2 Å². The molecule has 0 N–H and O–H groups in total. The van der Waals surface area contributed by atoms with Gasteiger partial charge in [0.2, 0.25) is 0 Å². The van der Waals surface area contributed by atoms with E-state index in [-0.39, 0.29) is 5.91 Å². The third kappa shape index (κ3) is 5.39. The molecule has 1 amide bonds. The van der Waals surface area contributed by atoms with Gasteiger partial charge in [0, 0.05) is 33.4 Å². The van der Waals surface area contributed by atoms with Crippen molar-refractivity contribution in [3.8, 4) is 11.8 Å². The van der Waals surface area contributed by atoms with Gasteiger partial charge in [-0.2, -0.15) is 5.26 Å². The first-order chi connectivity index (χ1) is 14.0. The predicted molar refractivity (Wildman–Crippen MR) is 113 cm³/mol. The van der Waals surface area contributed by atoms with Crippen molar-refractivity contribution in [2.75, 3.05) is 40.3 Å². The first kappa shape index (κ1) is 20.9. The predicted octanol–water partition coefficient (Wildman–Crippen LogP) is 2.93. The lowest BCUT2D eigenvalue weighted by molar-refractivity contribution is 0.0731. The number of hydrogen-bond donors (Lipinski definition) is 0. The highest BCUT2D eigenvalue weighted by atomic mass is 16.5. The summed E-state index contributed by atoms with van der Waals surface area (Å²) in [4.78, 5) is 17.0. The van der Waals surface area contributed by atoms with Crippen molar-refractivity contribution in [2.24, 2.45) is 13.0 Å². The fraction of sp³-hybridized carbons (Fsp3) is 0.478. The smallest absolute Gasteiger partial charge is 0.270 e. The first-order valence-electron chi connectivity index (χ1n) is 10.2. The minimum absolute atomic E-state index is 0.0177. The monoisotopic (exact) mass is 394 g/mol. The maximum atomic E-state index is 12.7. The van der Waals surface area contributed by atoms with E-state index in [1.807, 2.05) is 26.2 Å². The van der Waals surface area contributed by atoms with Gasteiger partial charge in [-0.3, -0.25) is 4.79 Å². The minimum atomic E-state index is -0.0177. The van der Waals surface area contributed by atoms with Gasteiger partial charge in [0.1, 0.15) is 17.5 Å². The van der Waals surface area contributed by atoms with Gasteiger partial charge in [0.05, 0.1) is 12.7 Å². The Labute approximate surface area is 173 Å². The van der Waals surface area contributed by atoms with Crippen LogP contribution in [0.5, 0.6) is 5.75 Å². The molecule has 1 aromatic heterocycles. The number of hydrogen-bond acceptors (Lipinski definition) is 4. The summed E-state index contributed by atoms with van der Waals surface area (Å²) in [7, 11) is 5.36. The molecular weight excluding hydrogens is 364 g/mol. The Kier molecular flexibility index (Phi) is 6.95. The average molecular weight is 395 g/mol. The highest BCUT2D eigenvalue weighted by Crippen LogP contribution is 2.20. The molecular formula is C23H30N4O2. The van der Waals surface area contributed by atoms with Crippen LogP contribution in [0.25, 0.3) is 0 Å². The molecule has 0 aliphatic carbocycles. The van der Waals surface area contributed by atoms with Gasteiger partial charge in [-0.15, -0.1) is 0 Å². The molecule has 154 valence electrons. The molecule has 1 saturated heterocycles. The molecule has 3 rings (SSSR count). The number of piperidine rings is 1. The van der Waals surface area contributed by atoms with Crippen molar-refractivity contribution in [3.05, 3.63) is 53.3 Å². The molecule has 0 unspecified atom stereocenters. The highest BCUT2D eigenvalue weighted by molar-refractivity contribution is 5.93. The third-order valence-corrected chi connectivity index (χ3v) is 5.81. The fourth-order valence-electron chi connectivity index (χ4n) is 3.98. The number of aromatic nitrogens is 1. The molecule has 1 fully saturated rings. The molecule has 0 bridgehead atoms. The number of methoxy groups -OCH3 is 1. The number of aryl methyl sites for hydroxylation is 1. The molecule has 1 aliphatic rings. The second-order valence-corrected chi connectivity index (χ2v) is 7.91. The van der Waals surface area contributed by atoms with Crippen LogP contribution in [0.4, 0.5) is 0 Å². The fourth-order valence-corrected chi connectivity index (χ4v) is 3.98. The Morgan fingerprint density at radius 3 is 2.55 bits per heavy atom. The zero-order chi connectivity index (χ0) is 20.8. The second-order valence-electron chi connectivity index (χ2n) is 7.91. The molecule has 6 heteroatoms. The lowest BCUT2D eigenvalue weighted by Crippen LogP contribution is -2.40. The van der Waals surface area contributed by atoms with Crippen molar-refractivity contribution >= 4 is 5.91 Å². The molecule has 2 aromatic rings. The van der Waals surface area contributed by atoms with E-state index in [1.165, 1.54) is 5.56 Å². The summed E-state index contributed by atoms with van der Waals surface area (Å²) in [6, 6.07) is 12.1. The summed E-state index contributed by atoms with van der Waals surface area (Å²) < 4.78 is 6.95.